The van der Waals surface area contributed by atoms with Crippen molar-refractivity contribution in [1.82, 2.24) is 10.2 Å². The largest absolute Gasteiger partial charge is 0.383 e. The molecule has 102 valence electrons. The van der Waals surface area contributed by atoms with Crippen LogP contribution in [-0.2, 0) is 4.74 Å². The van der Waals surface area contributed by atoms with Crippen LogP contribution in [0.2, 0.25) is 0 Å². The van der Waals surface area contributed by atoms with Crippen molar-refractivity contribution in [1.29, 1.82) is 0 Å². The van der Waals surface area contributed by atoms with Crippen molar-refractivity contribution in [3.8, 4) is 0 Å². The summed E-state index contributed by atoms with van der Waals surface area (Å²) in [5, 5.41) is 3.54. The zero-order chi connectivity index (χ0) is 12.7. The van der Waals surface area contributed by atoms with Gasteiger partial charge in [0.05, 0.1) is 6.61 Å². The smallest absolute Gasteiger partial charge is 0.0630 e. The highest BCUT2D eigenvalue weighted by atomic mass is 16.5. The Morgan fingerprint density at radius 1 is 1.29 bits per heavy atom. The number of ether oxygens (including phenoxy) is 1. The summed E-state index contributed by atoms with van der Waals surface area (Å²) in [4.78, 5) is 2.47. The van der Waals surface area contributed by atoms with E-state index >= 15 is 0 Å². The normalized spacial score (nSPS) is 18.7. The molecule has 1 aliphatic carbocycles. The van der Waals surface area contributed by atoms with E-state index in [2.05, 4.69) is 31.1 Å². The molecular formula is C14H30N2O. The zero-order valence-corrected chi connectivity index (χ0v) is 12.0. The van der Waals surface area contributed by atoms with Gasteiger partial charge >= 0.3 is 0 Å². The van der Waals surface area contributed by atoms with E-state index in [1.807, 2.05) is 0 Å². The van der Waals surface area contributed by atoms with Gasteiger partial charge in [0.1, 0.15) is 0 Å². The first kappa shape index (κ1) is 14.9. The Bertz CT molecular complexity index is 193. The van der Waals surface area contributed by atoms with E-state index in [1.165, 1.54) is 25.8 Å². The molecule has 0 aromatic heterocycles. The molecule has 1 fully saturated rings. The van der Waals surface area contributed by atoms with Gasteiger partial charge < -0.3 is 10.1 Å². The fourth-order valence-electron chi connectivity index (χ4n) is 2.30. The predicted octanol–water partition coefficient (Wildman–Crippen LogP) is 1.98. The Morgan fingerprint density at radius 2 is 2.00 bits per heavy atom. The lowest BCUT2D eigenvalue weighted by atomic mass is 9.85. The maximum Gasteiger partial charge on any atom is 0.0630 e. The van der Waals surface area contributed by atoms with Crippen molar-refractivity contribution in [2.75, 3.05) is 40.4 Å². The number of hydrogen-bond acceptors (Lipinski definition) is 3. The first-order valence-corrected chi connectivity index (χ1v) is 7.03. The first-order chi connectivity index (χ1) is 8.13. The summed E-state index contributed by atoms with van der Waals surface area (Å²) in [7, 11) is 4.03. The molecule has 1 atom stereocenters. The number of nitrogens with one attached hydrogen (secondary N) is 1. The molecule has 0 radical (unpaired) electrons. The summed E-state index contributed by atoms with van der Waals surface area (Å²) >= 11 is 0. The fourth-order valence-corrected chi connectivity index (χ4v) is 2.30. The number of rotatable bonds is 9. The van der Waals surface area contributed by atoms with Crippen LogP contribution in [0.25, 0.3) is 0 Å². The maximum absolute atomic E-state index is 5.33. The second-order valence-electron chi connectivity index (χ2n) is 5.90. The third kappa shape index (κ3) is 5.84. The average Bonchev–Trinajstić information content (AvgIpc) is 2.21. The molecule has 0 spiro atoms. The standard InChI is InChI=1S/C14H30N2O/c1-12(2)8-15-9-14(11-17-4)16(3)10-13-6-5-7-13/h12-15H,5-11H2,1-4H3. The molecule has 0 bridgehead atoms. The van der Waals surface area contributed by atoms with E-state index in [0.717, 1.165) is 31.5 Å². The number of hydrogen-bond donors (Lipinski definition) is 1. The van der Waals surface area contributed by atoms with E-state index in [9.17, 15) is 0 Å². The van der Waals surface area contributed by atoms with Gasteiger partial charge in [0, 0.05) is 26.2 Å². The van der Waals surface area contributed by atoms with Gasteiger partial charge in [0.25, 0.3) is 0 Å². The first-order valence-electron chi connectivity index (χ1n) is 7.03. The van der Waals surface area contributed by atoms with Gasteiger partial charge in [-0.2, -0.15) is 0 Å². The number of methoxy groups -OCH3 is 1. The van der Waals surface area contributed by atoms with Gasteiger partial charge in [0.2, 0.25) is 0 Å². The van der Waals surface area contributed by atoms with Crippen molar-refractivity contribution in [2.24, 2.45) is 11.8 Å². The quantitative estimate of drug-likeness (QED) is 0.669. The minimum atomic E-state index is 0.513. The van der Waals surface area contributed by atoms with Crippen molar-refractivity contribution in [3.05, 3.63) is 0 Å². The Morgan fingerprint density at radius 3 is 2.47 bits per heavy atom. The SMILES string of the molecule is COCC(CNCC(C)C)N(C)CC1CCC1. The monoisotopic (exact) mass is 242 g/mol. The van der Waals surface area contributed by atoms with Crippen LogP contribution in [0.15, 0.2) is 0 Å². The molecule has 1 saturated carbocycles. The van der Waals surface area contributed by atoms with Crippen LogP contribution in [0.4, 0.5) is 0 Å². The van der Waals surface area contributed by atoms with Crippen LogP contribution in [0.5, 0.6) is 0 Å². The van der Waals surface area contributed by atoms with E-state index in [0.29, 0.717) is 6.04 Å². The topological polar surface area (TPSA) is 24.5 Å². The van der Waals surface area contributed by atoms with Crippen LogP contribution in [0.3, 0.4) is 0 Å². The molecule has 1 aliphatic rings. The number of nitrogens with zero attached hydrogens (tertiary/aromatic N) is 1. The van der Waals surface area contributed by atoms with Gasteiger partial charge in [-0.15, -0.1) is 0 Å². The van der Waals surface area contributed by atoms with Crippen molar-refractivity contribution >= 4 is 0 Å². The number of likely N-dealkylation sites (N-methyl/N-ethyl adjacent to an activating group) is 1. The molecule has 0 aromatic rings. The lowest BCUT2D eigenvalue weighted by Gasteiger charge is -2.34. The molecule has 1 rings (SSSR count). The van der Waals surface area contributed by atoms with Crippen LogP contribution in [0.1, 0.15) is 33.1 Å². The molecule has 0 heterocycles. The summed E-state index contributed by atoms with van der Waals surface area (Å²) in [5.74, 6) is 1.65. The highest BCUT2D eigenvalue weighted by Crippen LogP contribution is 2.27. The van der Waals surface area contributed by atoms with Gasteiger partial charge in [-0.05, 0) is 38.3 Å². The molecule has 0 saturated heterocycles. The van der Waals surface area contributed by atoms with Crippen LogP contribution >= 0.6 is 0 Å². The van der Waals surface area contributed by atoms with E-state index < -0.39 is 0 Å². The molecule has 3 nitrogen and oxygen atoms in total. The minimum absolute atomic E-state index is 0.513. The summed E-state index contributed by atoms with van der Waals surface area (Å²) in [6.45, 7) is 8.69. The van der Waals surface area contributed by atoms with E-state index in [-0.39, 0.29) is 0 Å². The molecule has 0 aromatic carbocycles. The van der Waals surface area contributed by atoms with E-state index in [1.54, 1.807) is 7.11 Å². The fraction of sp³-hybridized carbons (Fsp3) is 1.00. The summed E-state index contributed by atoms with van der Waals surface area (Å²) in [6.07, 6.45) is 4.27. The third-order valence-corrected chi connectivity index (χ3v) is 3.69. The second kappa shape index (κ2) is 8.06. The van der Waals surface area contributed by atoms with Gasteiger partial charge in [-0.3, -0.25) is 4.90 Å². The average molecular weight is 242 g/mol. The lowest BCUT2D eigenvalue weighted by Crippen LogP contribution is -2.46. The zero-order valence-electron chi connectivity index (χ0n) is 12.0. The van der Waals surface area contributed by atoms with Gasteiger partial charge in [-0.1, -0.05) is 20.3 Å². The highest BCUT2D eigenvalue weighted by molar-refractivity contribution is 4.78. The van der Waals surface area contributed by atoms with Crippen LogP contribution in [-0.4, -0.2) is 51.3 Å². The second-order valence-corrected chi connectivity index (χ2v) is 5.90. The minimum Gasteiger partial charge on any atom is -0.383 e. The molecule has 1 unspecified atom stereocenters. The van der Waals surface area contributed by atoms with E-state index in [4.69, 9.17) is 4.74 Å². The molecule has 17 heavy (non-hydrogen) atoms. The summed E-state index contributed by atoms with van der Waals surface area (Å²) in [6, 6.07) is 0.513. The van der Waals surface area contributed by atoms with Crippen LogP contribution < -0.4 is 5.32 Å². The molecule has 0 amide bonds. The Hall–Kier alpha value is -0.120. The van der Waals surface area contributed by atoms with Gasteiger partial charge in [0.15, 0.2) is 0 Å². The Labute approximate surface area is 107 Å². The highest BCUT2D eigenvalue weighted by Gasteiger charge is 2.22. The molecular weight excluding hydrogens is 212 g/mol. The summed E-state index contributed by atoms with van der Waals surface area (Å²) < 4.78 is 5.33. The van der Waals surface area contributed by atoms with Crippen molar-refractivity contribution in [3.63, 3.8) is 0 Å². The molecule has 0 aliphatic heterocycles. The van der Waals surface area contributed by atoms with Crippen LogP contribution in [0, 0.1) is 11.8 Å². The third-order valence-electron chi connectivity index (χ3n) is 3.69. The van der Waals surface area contributed by atoms with Crippen molar-refractivity contribution < 1.29 is 4.74 Å². The predicted molar refractivity (Wildman–Crippen MR) is 73.3 cm³/mol. The lowest BCUT2D eigenvalue weighted by molar-refractivity contribution is 0.0838. The van der Waals surface area contributed by atoms with Gasteiger partial charge in [-0.25, -0.2) is 0 Å². The molecule has 1 N–H and O–H groups in total. The van der Waals surface area contributed by atoms with Crippen molar-refractivity contribution in [2.45, 2.75) is 39.2 Å². The Balaban J connectivity index is 2.23. The Kier molecular flexibility index (Phi) is 7.09. The summed E-state index contributed by atoms with van der Waals surface area (Å²) in [5.41, 5.74) is 0. The maximum atomic E-state index is 5.33. The molecule has 3 heteroatoms.